The lowest BCUT2D eigenvalue weighted by atomic mass is 10.4. The smallest absolute Gasteiger partial charge is 0.263 e. The Morgan fingerprint density at radius 3 is 2.57 bits per heavy atom. The van der Waals surface area contributed by atoms with E-state index in [2.05, 4.69) is 24.8 Å². The Kier molecular flexibility index (Phi) is 3.32. The van der Waals surface area contributed by atoms with E-state index in [1.54, 1.807) is 18.2 Å². The van der Waals surface area contributed by atoms with E-state index >= 15 is 0 Å². The second-order valence-electron chi connectivity index (χ2n) is 4.02. The van der Waals surface area contributed by atoms with Crippen molar-refractivity contribution in [3.05, 3.63) is 55.4 Å². The van der Waals surface area contributed by atoms with Gasteiger partial charge in [-0.05, 0) is 12.1 Å². The van der Waals surface area contributed by atoms with Crippen LogP contribution >= 0.6 is 0 Å². The third-order valence-corrected chi connectivity index (χ3v) is 3.97. The lowest BCUT2D eigenvalue weighted by Crippen LogP contribution is -2.14. The Labute approximate surface area is 120 Å². The summed E-state index contributed by atoms with van der Waals surface area (Å²) in [5.74, 6) is 0.563. The molecule has 0 unspecified atom stereocenters. The van der Waals surface area contributed by atoms with Gasteiger partial charge in [0, 0.05) is 6.07 Å². The number of nitrogens with one attached hydrogen (secondary N) is 1. The van der Waals surface area contributed by atoms with Crippen LogP contribution in [0.15, 0.2) is 60.3 Å². The Hall–Kier alpha value is -2.81. The average Bonchev–Trinajstić information content (AvgIpc) is 3.02. The molecule has 106 valence electrons. The van der Waals surface area contributed by atoms with Crippen molar-refractivity contribution in [2.45, 2.75) is 4.90 Å². The molecule has 9 heteroatoms. The van der Waals surface area contributed by atoms with E-state index in [0.29, 0.717) is 5.82 Å². The predicted molar refractivity (Wildman–Crippen MR) is 74.2 cm³/mol. The van der Waals surface area contributed by atoms with Crippen LogP contribution in [0.4, 0.5) is 5.82 Å². The van der Waals surface area contributed by atoms with Gasteiger partial charge < -0.3 is 0 Å². The normalized spacial score (nSPS) is 11.2. The molecular formula is C12H10N6O2S. The van der Waals surface area contributed by atoms with Crippen LogP contribution in [-0.2, 0) is 10.0 Å². The average molecular weight is 302 g/mol. The highest BCUT2D eigenvalue weighted by Gasteiger charge is 2.14. The van der Waals surface area contributed by atoms with Crippen molar-refractivity contribution in [1.82, 2.24) is 24.7 Å². The van der Waals surface area contributed by atoms with Crippen molar-refractivity contribution in [2.24, 2.45) is 0 Å². The summed E-state index contributed by atoms with van der Waals surface area (Å²) in [5.41, 5.74) is 0. The first-order valence-corrected chi connectivity index (χ1v) is 7.38. The maximum Gasteiger partial charge on any atom is 0.263 e. The van der Waals surface area contributed by atoms with E-state index in [1.807, 2.05) is 0 Å². The molecule has 0 saturated carbocycles. The number of nitrogens with zero attached hydrogens (tertiary/aromatic N) is 5. The van der Waals surface area contributed by atoms with Crippen molar-refractivity contribution in [2.75, 3.05) is 4.72 Å². The third-order valence-electron chi connectivity index (χ3n) is 2.60. The summed E-state index contributed by atoms with van der Waals surface area (Å²) < 4.78 is 28.2. The van der Waals surface area contributed by atoms with Crippen LogP contribution in [0, 0.1) is 0 Å². The van der Waals surface area contributed by atoms with Crippen molar-refractivity contribution in [3.8, 4) is 5.82 Å². The van der Waals surface area contributed by atoms with Crippen molar-refractivity contribution in [3.63, 3.8) is 0 Å². The molecule has 0 saturated heterocycles. The van der Waals surface area contributed by atoms with Crippen LogP contribution in [0.5, 0.6) is 0 Å². The molecule has 0 aliphatic rings. The predicted octanol–water partition coefficient (Wildman–Crippen LogP) is 0.858. The zero-order valence-corrected chi connectivity index (χ0v) is 11.5. The van der Waals surface area contributed by atoms with Crippen LogP contribution in [0.1, 0.15) is 0 Å². The van der Waals surface area contributed by atoms with Gasteiger partial charge in [0.25, 0.3) is 10.0 Å². The van der Waals surface area contributed by atoms with E-state index in [-0.39, 0.29) is 10.7 Å². The molecule has 2 heterocycles. The number of rotatable bonds is 4. The summed E-state index contributed by atoms with van der Waals surface area (Å²) in [6.45, 7) is 0. The summed E-state index contributed by atoms with van der Waals surface area (Å²) in [6, 6.07) is 9.51. The van der Waals surface area contributed by atoms with E-state index < -0.39 is 10.0 Å². The lowest BCUT2D eigenvalue weighted by Gasteiger charge is -2.07. The monoisotopic (exact) mass is 302 g/mol. The van der Waals surface area contributed by atoms with Crippen LogP contribution in [0.3, 0.4) is 0 Å². The maximum atomic E-state index is 12.2. The molecule has 21 heavy (non-hydrogen) atoms. The first kappa shape index (κ1) is 13.2. The standard InChI is InChI=1S/C12H10N6O2S/c19-21(20,10-4-2-1-3-5-10)17-11-6-12(15-8-14-11)18-9-13-7-16-18/h1-9H,(H,14,15,17). The molecule has 3 aromatic rings. The van der Waals surface area contributed by atoms with Gasteiger partial charge in [-0.1, -0.05) is 18.2 Å². The number of benzene rings is 1. The Bertz CT molecular complexity index is 833. The highest BCUT2D eigenvalue weighted by Crippen LogP contribution is 2.14. The molecule has 2 aromatic heterocycles. The molecule has 0 spiro atoms. The molecule has 0 fully saturated rings. The molecule has 3 rings (SSSR count). The summed E-state index contributed by atoms with van der Waals surface area (Å²) >= 11 is 0. The first-order chi connectivity index (χ1) is 10.1. The molecular weight excluding hydrogens is 292 g/mol. The zero-order chi connectivity index (χ0) is 14.7. The summed E-state index contributed by atoms with van der Waals surface area (Å²) in [5, 5.41) is 3.92. The van der Waals surface area contributed by atoms with Gasteiger partial charge in [0.05, 0.1) is 4.90 Å². The van der Waals surface area contributed by atoms with E-state index in [1.165, 1.54) is 41.9 Å². The van der Waals surface area contributed by atoms with Crippen LogP contribution < -0.4 is 4.72 Å². The van der Waals surface area contributed by atoms with Crippen molar-refractivity contribution >= 4 is 15.8 Å². The fourth-order valence-corrected chi connectivity index (χ4v) is 2.67. The number of hydrogen-bond donors (Lipinski definition) is 1. The summed E-state index contributed by atoms with van der Waals surface area (Å²) in [7, 11) is -3.68. The molecule has 1 N–H and O–H groups in total. The number of hydrogen-bond acceptors (Lipinski definition) is 6. The number of aromatic nitrogens is 5. The highest BCUT2D eigenvalue weighted by molar-refractivity contribution is 7.92. The van der Waals surface area contributed by atoms with Gasteiger partial charge >= 0.3 is 0 Å². The Balaban J connectivity index is 1.91. The Morgan fingerprint density at radius 2 is 1.86 bits per heavy atom. The quantitative estimate of drug-likeness (QED) is 0.766. The molecule has 0 atom stereocenters. The second-order valence-corrected chi connectivity index (χ2v) is 5.70. The minimum absolute atomic E-state index is 0.152. The minimum Gasteiger partial charge on any atom is -0.263 e. The van der Waals surface area contributed by atoms with Crippen LogP contribution in [0.2, 0.25) is 0 Å². The van der Waals surface area contributed by atoms with E-state index in [9.17, 15) is 8.42 Å². The van der Waals surface area contributed by atoms with Crippen molar-refractivity contribution < 1.29 is 8.42 Å². The van der Waals surface area contributed by atoms with E-state index in [4.69, 9.17) is 0 Å². The Morgan fingerprint density at radius 1 is 1.05 bits per heavy atom. The molecule has 0 radical (unpaired) electrons. The number of sulfonamides is 1. The molecule has 0 bridgehead atoms. The maximum absolute atomic E-state index is 12.2. The summed E-state index contributed by atoms with van der Waals surface area (Å²) in [6.07, 6.45) is 4.06. The minimum atomic E-state index is -3.68. The lowest BCUT2D eigenvalue weighted by molar-refractivity contribution is 0.601. The number of anilines is 1. The fourth-order valence-electron chi connectivity index (χ4n) is 1.65. The second kappa shape index (κ2) is 5.29. The van der Waals surface area contributed by atoms with Gasteiger partial charge in [0.15, 0.2) is 5.82 Å². The van der Waals surface area contributed by atoms with Crippen LogP contribution in [0.25, 0.3) is 5.82 Å². The van der Waals surface area contributed by atoms with Gasteiger partial charge in [0.2, 0.25) is 0 Å². The first-order valence-electron chi connectivity index (χ1n) is 5.90. The largest absolute Gasteiger partial charge is 0.263 e. The SMILES string of the molecule is O=S(=O)(Nc1cc(-n2cncn2)ncn1)c1ccccc1. The molecule has 0 aliphatic carbocycles. The third kappa shape index (κ3) is 2.87. The van der Waals surface area contributed by atoms with Crippen LogP contribution in [-0.4, -0.2) is 33.2 Å². The topological polar surface area (TPSA) is 103 Å². The fraction of sp³-hybridized carbons (Fsp3) is 0. The van der Waals surface area contributed by atoms with E-state index in [0.717, 1.165) is 0 Å². The molecule has 1 aromatic carbocycles. The zero-order valence-electron chi connectivity index (χ0n) is 10.7. The van der Waals surface area contributed by atoms with Crippen molar-refractivity contribution in [1.29, 1.82) is 0 Å². The van der Waals surface area contributed by atoms with Gasteiger partial charge in [-0.2, -0.15) is 5.10 Å². The van der Waals surface area contributed by atoms with Gasteiger partial charge in [-0.15, -0.1) is 0 Å². The summed E-state index contributed by atoms with van der Waals surface area (Å²) in [4.78, 5) is 11.9. The van der Waals surface area contributed by atoms with Gasteiger partial charge in [0.1, 0.15) is 24.8 Å². The molecule has 0 aliphatic heterocycles. The molecule has 8 nitrogen and oxygen atoms in total. The highest BCUT2D eigenvalue weighted by atomic mass is 32.2. The van der Waals surface area contributed by atoms with Gasteiger partial charge in [-0.25, -0.2) is 28.1 Å². The molecule has 0 amide bonds. The van der Waals surface area contributed by atoms with Gasteiger partial charge in [-0.3, -0.25) is 4.72 Å².